The monoisotopic (exact) mass is 532 g/mol. The van der Waals surface area contributed by atoms with Gasteiger partial charge in [-0.1, -0.05) is 12.1 Å². The van der Waals surface area contributed by atoms with Crippen molar-refractivity contribution in [2.75, 3.05) is 39.7 Å². The molecule has 6 nitrogen and oxygen atoms in total. The summed E-state index contributed by atoms with van der Waals surface area (Å²) in [6.45, 7) is 3.52. The van der Waals surface area contributed by atoms with E-state index in [2.05, 4.69) is 10.6 Å². The lowest BCUT2D eigenvalue weighted by Gasteiger charge is -2.50. The fourth-order valence-electron chi connectivity index (χ4n) is 6.11. The zero-order valence-electron chi connectivity index (χ0n) is 22.4. The van der Waals surface area contributed by atoms with Gasteiger partial charge in [-0.2, -0.15) is 13.2 Å². The van der Waals surface area contributed by atoms with E-state index in [0.717, 1.165) is 62.1 Å². The molecule has 0 bridgehead atoms. The van der Waals surface area contributed by atoms with E-state index in [4.69, 9.17) is 4.74 Å². The summed E-state index contributed by atoms with van der Waals surface area (Å²) in [6.07, 6.45) is -0.884. The zero-order valence-corrected chi connectivity index (χ0v) is 22.4. The number of nitrogens with one attached hydrogen (secondary N) is 2. The van der Waals surface area contributed by atoms with Crippen LogP contribution in [0, 0.1) is 12.8 Å². The minimum atomic E-state index is -4.53. The SMILES string of the molecule is COCCCC1CC2C(CN1)CC(c1cc(NC(=O)c3cccc(C(F)(F)F)c3)ccc1C)C(=O)[N+]2(C)C. The summed E-state index contributed by atoms with van der Waals surface area (Å²) >= 11 is 0. The van der Waals surface area contributed by atoms with Crippen molar-refractivity contribution in [1.29, 1.82) is 0 Å². The van der Waals surface area contributed by atoms with Gasteiger partial charge in [-0.25, -0.2) is 4.79 Å². The topological polar surface area (TPSA) is 67.4 Å². The Balaban J connectivity index is 1.52. The van der Waals surface area contributed by atoms with Gasteiger partial charge in [-0.3, -0.25) is 9.28 Å². The molecule has 9 heteroatoms. The molecular weight excluding hydrogens is 495 g/mol. The Hall–Kier alpha value is -2.75. The van der Waals surface area contributed by atoms with Crippen LogP contribution in [0.15, 0.2) is 42.5 Å². The number of methoxy groups -OCH3 is 1. The maximum Gasteiger partial charge on any atom is 0.416 e. The number of ether oxygens (including phenoxy) is 1. The van der Waals surface area contributed by atoms with Crippen LogP contribution in [-0.2, 0) is 15.7 Å². The highest BCUT2D eigenvalue weighted by molar-refractivity contribution is 6.04. The molecule has 2 heterocycles. The number of carbonyl (C=O) groups excluding carboxylic acids is 2. The number of carbonyl (C=O) groups is 2. The van der Waals surface area contributed by atoms with Gasteiger partial charge < -0.3 is 15.4 Å². The number of hydrogen-bond acceptors (Lipinski definition) is 4. The Morgan fingerprint density at radius 3 is 2.63 bits per heavy atom. The number of hydrogen-bond donors (Lipinski definition) is 2. The lowest BCUT2D eigenvalue weighted by Crippen LogP contribution is -2.66. The standard InChI is InChI=1S/C29H36F3N3O3/c1-18-10-11-23(34-27(36)19-7-5-8-21(13-19)29(30,31)32)15-24(18)25-14-20-17-33-22(9-6-12-38-4)16-26(20)35(2,3)28(25)37/h5,7-8,10-11,13,15,20,22,25-26,33H,6,9,12,14,16-17H2,1-4H3/p+1. The predicted octanol–water partition coefficient (Wildman–Crippen LogP) is 5.13. The van der Waals surface area contributed by atoms with Gasteiger partial charge in [0.15, 0.2) is 0 Å². The van der Waals surface area contributed by atoms with Gasteiger partial charge in [0.25, 0.3) is 5.91 Å². The van der Waals surface area contributed by atoms with Crippen LogP contribution in [0.3, 0.4) is 0 Å². The van der Waals surface area contributed by atoms with Gasteiger partial charge in [0.1, 0.15) is 12.0 Å². The van der Waals surface area contributed by atoms with E-state index < -0.39 is 17.6 Å². The molecule has 0 aromatic heterocycles. The van der Waals surface area contributed by atoms with E-state index in [1.807, 2.05) is 27.1 Å². The first-order valence-corrected chi connectivity index (χ1v) is 13.1. The van der Waals surface area contributed by atoms with Crippen molar-refractivity contribution in [3.63, 3.8) is 0 Å². The average molecular weight is 533 g/mol. The lowest BCUT2D eigenvalue weighted by atomic mass is 9.73. The summed E-state index contributed by atoms with van der Waals surface area (Å²) in [5, 5.41) is 6.39. The molecule has 2 aliphatic heterocycles. The minimum Gasteiger partial charge on any atom is -0.385 e. The fraction of sp³-hybridized carbons (Fsp3) is 0.517. The van der Waals surface area contributed by atoms with Crippen molar-refractivity contribution in [3.8, 4) is 0 Å². The molecule has 4 unspecified atom stereocenters. The Kier molecular flexibility index (Phi) is 8.30. The fourth-order valence-corrected chi connectivity index (χ4v) is 6.11. The quantitative estimate of drug-likeness (QED) is 0.383. The second kappa shape index (κ2) is 11.2. The molecule has 2 N–H and O–H groups in total. The highest BCUT2D eigenvalue weighted by atomic mass is 19.4. The van der Waals surface area contributed by atoms with Crippen LogP contribution in [0.4, 0.5) is 18.9 Å². The molecule has 2 aliphatic rings. The van der Waals surface area contributed by atoms with E-state index >= 15 is 0 Å². The second-order valence-electron chi connectivity index (χ2n) is 11.1. The number of benzene rings is 2. The molecule has 206 valence electrons. The van der Waals surface area contributed by atoms with Gasteiger partial charge in [0.2, 0.25) is 0 Å². The van der Waals surface area contributed by atoms with E-state index in [1.165, 1.54) is 12.1 Å². The number of likely N-dealkylation sites (tertiary alicyclic amines) is 1. The van der Waals surface area contributed by atoms with Crippen LogP contribution < -0.4 is 10.6 Å². The molecule has 4 rings (SSSR count). The summed E-state index contributed by atoms with van der Waals surface area (Å²) in [5.74, 6) is -0.487. The smallest absolute Gasteiger partial charge is 0.385 e. The van der Waals surface area contributed by atoms with Crippen LogP contribution in [0.25, 0.3) is 0 Å². The highest BCUT2D eigenvalue weighted by Crippen LogP contribution is 2.42. The van der Waals surface area contributed by atoms with Crippen molar-refractivity contribution in [2.45, 2.75) is 56.8 Å². The van der Waals surface area contributed by atoms with Crippen molar-refractivity contribution >= 4 is 17.5 Å². The molecule has 2 fully saturated rings. The number of fused-ring (bicyclic) bond motifs is 1. The molecule has 0 aliphatic carbocycles. The molecule has 2 amide bonds. The van der Waals surface area contributed by atoms with Crippen molar-refractivity contribution < 1.29 is 32.0 Å². The first-order valence-electron chi connectivity index (χ1n) is 13.1. The van der Waals surface area contributed by atoms with E-state index in [9.17, 15) is 22.8 Å². The molecule has 0 spiro atoms. The zero-order chi connectivity index (χ0) is 27.7. The summed E-state index contributed by atoms with van der Waals surface area (Å²) in [5.41, 5.74) is 1.29. The van der Waals surface area contributed by atoms with Crippen molar-refractivity contribution in [2.24, 2.45) is 5.92 Å². The molecule has 2 aromatic rings. The molecule has 2 aromatic carbocycles. The number of nitrogens with zero attached hydrogens (tertiary/aromatic N) is 1. The number of halogens is 3. The van der Waals surface area contributed by atoms with Crippen LogP contribution in [0.5, 0.6) is 0 Å². The second-order valence-corrected chi connectivity index (χ2v) is 11.1. The number of alkyl halides is 3. The summed E-state index contributed by atoms with van der Waals surface area (Å²) in [7, 11) is 5.70. The third-order valence-electron chi connectivity index (χ3n) is 8.24. The maximum atomic E-state index is 13.8. The number of likely N-dealkylation sites (N-methyl/N-ethyl adjacent to an activating group) is 1. The van der Waals surface area contributed by atoms with E-state index in [1.54, 1.807) is 19.2 Å². The van der Waals surface area contributed by atoms with Gasteiger partial charge in [0.05, 0.1) is 19.7 Å². The number of anilines is 1. The highest BCUT2D eigenvalue weighted by Gasteiger charge is 2.53. The predicted molar refractivity (Wildman–Crippen MR) is 140 cm³/mol. The number of aryl methyl sites for hydroxylation is 1. The van der Waals surface area contributed by atoms with Crippen molar-refractivity contribution in [1.82, 2.24) is 5.32 Å². The number of amides is 2. The van der Waals surface area contributed by atoms with Gasteiger partial charge >= 0.3 is 12.1 Å². The third-order valence-corrected chi connectivity index (χ3v) is 8.24. The lowest BCUT2D eigenvalue weighted by molar-refractivity contribution is -0.851. The molecular formula is C29H37F3N3O3+. The first kappa shape index (κ1) is 28.3. The van der Waals surface area contributed by atoms with Crippen molar-refractivity contribution in [3.05, 3.63) is 64.7 Å². The Bertz CT molecular complexity index is 1180. The van der Waals surface area contributed by atoms with Crippen LogP contribution in [0.1, 0.15) is 58.6 Å². The summed E-state index contributed by atoms with van der Waals surface area (Å²) < 4.78 is 44.8. The molecule has 2 saturated heterocycles. The number of piperidine rings is 2. The van der Waals surface area contributed by atoms with E-state index in [0.29, 0.717) is 22.1 Å². The van der Waals surface area contributed by atoms with Gasteiger partial charge in [-0.15, -0.1) is 0 Å². The Labute approximate surface area is 222 Å². The molecule has 4 atom stereocenters. The van der Waals surface area contributed by atoms with E-state index in [-0.39, 0.29) is 23.4 Å². The normalized spacial score (nSPS) is 25.1. The summed E-state index contributed by atoms with van der Waals surface area (Å²) in [4.78, 5) is 26.6. The average Bonchev–Trinajstić information content (AvgIpc) is 2.87. The first-order chi connectivity index (χ1) is 17.9. The van der Waals surface area contributed by atoms with Crippen LogP contribution >= 0.6 is 0 Å². The summed E-state index contributed by atoms with van der Waals surface area (Å²) in [6, 6.07) is 10.3. The Morgan fingerprint density at radius 2 is 1.92 bits per heavy atom. The maximum absolute atomic E-state index is 13.8. The van der Waals surface area contributed by atoms with Crippen LogP contribution in [0.2, 0.25) is 0 Å². The van der Waals surface area contributed by atoms with Gasteiger partial charge in [-0.05, 0) is 67.6 Å². The molecule has 38 heavy (non-hydrogen) atoms. The molecule has 0 radical (unpaired) electrons. The Morgan fingerprint density at radius 1 is 1.16 bits per heavy atom. The van der Waals surface area contributed by atoms with Gasteiger partial charge in [0, 0.05) is 49.9 Å². The van der Waals surface area contributed by atoms with Crippen LogP contribution in [-0.4, -0.2) is 62.7 Å². The molecule has 0 saturated carbocycles. The minimum absolute atomic E-state index is 0.0790. The number of rotatable bonds is 7. The third kappa shape index (κ3) is 5.95. The number of quaternary nitrogens is 1. The largest absolute Gasteiger partial charge is 0.416 e.